The van der Waals surface area contributed by atoms with E-state index in [1.54, 1.807) is 0 Å². The molecular weight excluding hydrogens is 360 g/mol. The molecule has 0 N–H and O–H groups in total. The Balaban J connectivity index is 1.33. The van der Waals surface area contributed by atoms with Crippen molar-refractivity contribution in [3.05, 3.63) is 65.9 Å². The Morgan fingerprint density at radius 2 is 1.79 bits per heavy atom. The fourth-order valence-corrected chi connectivity index (χ4v) is 4.72. The average Bonchev–Trinajstić information content (AvgIpc) is 3.53. The fraction of sp³-hybridized carbons (Fsp3) is 0.333. The molecule has 0 aliphatic carbocycles. The van der Waals surface area contributed by atoms with Gasteiger partial charge in [-0.2, -0.15) is 5.26 Å². The standard InChI is InChI=1S/C24H24N4O/c25-16-18-3-8-23-20(15-18)9-14-28(23)21-6-4-19(5-7-21)24(29)27-13-10-22(17-27)26-11-1-2-12-26/h3-9,14-15,22H,1-2,10-13,17H2. The maximum absolute atomic E-state index is 13.0. The Bertz CT molecular complexity index is 1090. The predicted molar refractivity (Wildman–Crippen MR) is 113 cm³/mol. The topological polar surface area (TPSA) is 52.3 Å². The van der Waals surface area contributed by atoms with Crippen LogP contribution < -0.4 is 0 Å². The van der Waals surface area contributed by atoms with Crippen molar-refractivity contribution in [1.82, 2.24) is 14.4 Å². The lowest BCUT2D eigenvalue weighted by atomic mass is 10.1. The van der Waals surface area contributed by atoms with Gasteiger partial charge in [-0.05, 0) is 80.9 Å². The Hall–Kier alpha value is -3.10. The molecule has 1 amide bonds. The molecule has 1 unspecified atom stereocenters. The lowest BCUT2D eigenvalue weighted by molar-refractivity contribution is 0.0780. The number of benzene rings is 2. The smallest absolute Gasteiger partial charge is 0.253 e. The van der Waals surface area contributed by atoms with Crippen LogP contribution in [0.3, 0.4) is 0 Å². The van der Waals surface area contributed by atoms with Crippen LogP contribution in [-0.2, 0) is 0 Å². The van der Waals surface area contributed by atoms with Gasteiger partial charge in [-0.15, -0.1) is 0 Å². The number of carbonyl (C=O) groups excluding carboxylic acids is 1. The van der Waals surface area contributed by atoms with E-state index in [4.69, 9.17) is 5.26 Å². The summed E-state index contributed by atoms with van der Waals surface area (Å²) < 4.78 is 2.09. The minimum Gasteiger partial charge on any atom is -0.337 e. The summed E-state index contributed by atoms with van der Waals surface area (Å²) in [7, 11) is 0. The van der Waals surface area contributed by atoms with E-state index in [1.165, 1.54) is 25.9 Å². The van der Waals surface area contributed by atoms with Gasteiger partial charge in [-0.1, -0.05) is 0 Å². The molecule has 1 aromatic heterocycles. The normalized spacial score (nSPS) is 19.7. The molecule has 0 spiro atoms. The molecule has 29 heavy (non-hydrogen) atoms. The Morgan fingerprint density at radius 3 is 2.55 bits per heavy atom. The van der Waals surface area contributed by atoms with Crippen LogP contribution in [0.1, 0.15) is 35.2 Å². The second kappa shape index (κ2) is 7.38. The summed E-state index contributed by atoms with van der Waals surface area (Å²) in [5.74, 6) is 0.134. The van der Waals surface area contributed by atoms with E-state index < -0.39 is 0 Å². The van der Waals surface area contributed by atoms with Gasteiger partial charge < -0.3 is 9.47 Å². The molecule has 0 radical (unpaired) electrons. The van der Waals surface area contributed by atoms with Crippen molar-refractivity contribution in [3.8, 4) is 11.8 Å². The van der Waals surface area contributed by atoms with E-state index in [0.717, 1.165) is 41.7 Å². The number of rotatable bonds is 3. The number of hydrogen-bond donors (Lipinski definition) is 0. The highest BCUT2D eigenvalue weighted by molar-refractivity contribution is 5.94. The zero-order chi connectivity index (χ0) is 19.8. The lowest BCUT2D eigenvalue weighted by Gasteiger charge is -2.23. The summed E-state index contributed by atoms with van der Waals surface area (Å²) in [6, 6.07) is 18.3. The highest BCUT2D eigenvalue weighted by Crippen LogP contribution is 2.24. The van der Waals surface area contributed by atoms with E-state index in [-0.39, 0.29) is 5.91 Å². The molecule has 3 aromatic rings. The minimum atomic E-state index is 0.134. The van der Waals surface area contributed by atoms with Crippen LogP contribution in [0, 0.1) is 11.3 Å². The van der Waals surface area contributed by atoms with Gasteiger partial charge in [0.25, 0.3) is 5.91 Å². The second-order valence-electron chi connectivity index (χ2n) is 8.05. The summed E-state index contributed by atoms with van der Waals surface area (Å²) in [4.78, 5) is 17.5. The molecule has 2 aliphatic heterocycles. The molecule has 146 valence electrons. The van der Waals surface area contributed by atoms with Crippen molar-refractivity contribution in [3.63, 3.8) is 0 Å². The molecule has 2 aromatic carbocycles. The quantitative estimate of drug-likeness (QED) is 0.690. The minimum absolute atomic E-state index is 0.134. The van der Waals surface area contributed by atoms with Crippen LogP contribution in [0.5, 0.6) is 0 Å². The summed E-state index contributed by atoms with van der Waals surface area (Å²) in [5.41, 5.74) is 3.47. The number of carbonyl (C=O) groups is 1. The summed E-state index contributed by atoms with van der Waals surface area (Å²) in [6.07, 6.45) is 5.67. The van der Waals surface area contributed by atoms with Crippen molar-refractivity contribution in [2.75, 3.05) is 26.2 Å². The van der Waals surface area contributed by atoms with Crippen LogP contribution >= 0.6 is 0 Å². The zero-order valence-corrected chi connectivity index (χ0v) is 16.4. The molecule has 3 heterocycles. The van der Waals surface area contributed by atoms with E-state index >= 15 is 0 Å². The molecule has 0 bridgehead atoms. The number of aromatic nitrogens is 1. The van der Waals surface area contributed by atoms with Gasteiger partial charge in [-0.3, -0.25) is 9.69 Å². The first kappa shape index (κ1) is 18.0. The van der Waals surface area contributed by atoms with Gasteiger partial charge in [0.05, 0.1) is 17.1 Å². The molecule has 1 atom stereocenters. The van der Waals surface area contributed by atoms with Gasteiger partial charge in [0.2, 0.25) is 0 Å². The predicted octanol–water partition coefficient (Wildman–Crippen LogP) is 3.81. The zero-order valence-electron chi connectivity index (χ0n) is 16.4. The van der Waals surface area contributed by atoms with Gasteiger partial charge in [-0.25, -0.2) is 0 Å². The largest absolute Gasteiger partial charge is 0.337 e. The number of nitriles is 1. The van der Waals surface area contributed by atoms with Gasteiger partial charge in [0.15, 0.2) is 0 Å². The fourth-order valence-electron chi connectivity index (χ4n) is 4.72. The van der Waals surface area contributed by atoms with Crippen molar-refractivity contribution >= 4 is 16.8 Å². The van der Waals surface area contributed by atoms with Crippen molar-refractivity contribution < 1.29 is 4.79 Å². The van der Waals surface area contributed by atoms with Crippen LogP contribution in [0.4, 0.5) is 0 Å². The van der Waals surface area contributed by atoms with E-state index in [9.17, 15) is 4.79 Å². The van der Waals surface area contributed by atoms with Crippen LogP contribution in [0.15, 0.2) is 54.7 Å². The first-order chi connectivity index (χ1) is 14.2. The van der Waals surface area contributed by atoms with Crippen molar-refractivity contribution in [1.29, 1.82) is 5.26 Å². The number of amides is 1. The van der Waals surface area contributed by atoms with Crippen molar-refractivity contribution in [2.24, 2.45) is 0 Å². The lowest BCUT2D eigenvalue weighted by Crippen LogP contribution is -2.37. The van der Waals surface area contributed by atoms with Gasteiger partial charge in [0, 0.05) is 42.0 Å². The molecule has 0 saturated carbocycles. The van der Waals surface area contributed by atoms with Crippen LogP contribution in [0.25, 0.3) is 16.6 Å². The third kappa shape index (κ3) is 3.30. The third-order valence-electron chi connectivity index (χ3n) is 6.32. The molecule has 2 fully saturated rings. The van der Waals surface area contributed by atoms with Gasteiger partial charge >= 0.3 is 0 Å². The molecule has 2 aliphatic rings. The number of fused-ring (bicyclic) bond motifs is 1. The van der Waals surface area contributed by atoms with E-state index in [1.807, 2.05) is 59.6 Å². The van der Waals surface area contributed by atoms with E-state index in [0.29, 0.717) is 11.6 Å². The summed E-state index contributed by atoms with van der Waals surface area (Å²) >= 11 is 0. The molecule has 2 saturated heterocycles. The van der Waals surface area contributed by atoms with Crippen LogP contribution in [0.2, 0.25) is 0 Å². The van der Waals surface area contributed by atoms with Crippen LogP contribution in [-0.4, -0.2) is 52.5 Å². The second-order valence-corrected chi connectivity index (χ2v) is 8.05. The summed E-state index contributed by atoms with van der Waals surface area (Å²) in [5, 5.41) is 10.1. The number of hydrogen-bond acceptors (Lipinski definition) is 3. The number of likely N-dealkylation sites (tertiary alicyclic amines) is 2. The monoisotopic (exact) mass is 384 g/mol. The first-order valence-electron chi connectivity index (χ1n) is 10.4. The highest BCUT2D eigenvalue weighted by Gasteiger charge is 2.31. The van der Waals surface area contributed by atoms with Gasteiger partial charge in [0.1, 0.15) is 0 Å². The first-order valence-corrected chi connectivity index (χ1v) is 10.4. The Kier molecular flexibility index (Phi) is 4.57. The maximum atomic E-state index is 13.0. The SMILES string of the molecule is N#Cc1ccc2c(ccn2-c2ccc(C(=O)N3CCC(N4CCCC4)C3)cc2)c1. The third-order valence-corrected chi connectivity index (χ3v) is 6.32. The number of nitrogens with zero attached hydrogens (tertiary/aromatic N) is 4. The van der Waals surface area contributed by atoms with Crippen molar-refractivity contribution in [2.45, 2.75) is 25.3 Å². The highest BCUT2D eigenvalue weighted by atomic mass is 16.2. The molecule has 5 heteroatoms. The Labute approximate surface area is 170 Å². The molecule has 5 nitrogen and oxygen atoms in total. The van der Waals surface area contributed by atoms with E-state index in [2.05, 4.69) is 15.5 Å². The molecular formula is C24H24N4O. The summed E-state index contributed by atoms with van der Waals surface area (Å²) in [6.45, 7) is 4.07. The Morgan fingerprint density at radius 1 is 1.00 bits per heavy atom. The molecule has 5 rings (SSSR count). The maximum Gasteiger partial charge on any atom is 0.253 e. The average molecular weight is 384 g/mol.